The van der Waals surface area contributed by atoms with Crippen molar-refractivity contribution in [3.63, 3.8) is 0 Å². The standard InChI is InChI=1S/C6H10O3.C5H8O3S/c1-4-2-5(6(7)8)9-3-4;1-9-3-2-4(6)5(7)8/h4-5H,2-3H2,1H3,(H,7,8);2-3H2,1H3,(H,7,8). The van der Waals surface area contributed by atoms with Gasteiger partial charge in [-0.05, 0) is 18.6 Å². The summed E-state index contributed by atoms with van der Waals surface area (Å²) in [5.74, 6) is -1.87. The molecule has 104 valence electrons. The Labute approximate surface area is 110 Å². The van der Waals surface area contributed by atoms with Crippen LogP contribution in [0.2, 0.25) is 0 Å². The molecule has 0 radical (unpaired) electrons. The maximum atomic E-state index is 10.3. The number of carbonyl (C=O) groups excluding carboxylic acids is 1. The number of ether oxygens (including phenoxy) is 1. The van der Waals surface area contributed by atoms with Crippen LogP contribution in [0, 0.1) is 5.92 Å². The molecule has 0 aromatic heterocycles. The average molecular weight is 278 g/mol. The topological polar surface area (TPSA) is 101 Å². The maximum absolute atomic E-state index is 10.3. The lowest BCUT2D eigenvalue weighted by Gasteiger charge is -1.99. The first-order valence-corrected chi connectivity index (χ1v) is 6.87. The van der Waals surface area contributed by atoms with Gasteiger partial charge in [-0.2, -0.15) is 11.8 Å². The SMILES string of the molecule is CC1COC(C(=O)O)C1.CSCCC(=O)C(=O)O. The Hall–Kier alpha value is -1.08. The number of ketones is 1. The molecule has 1 saturated heterocycles. The lowest BCUT2D eigenvalue weighted by molar-refractivity contribution is -0.148. The van der Waals surface area contributed by atoms with Gasteiger partial charge in [0.15, 0.2) is 6.10 Å². The summed E-state index contributed by atoms with van der Waals surface area (Å²) in [6, 6.07) is 0. The second-order valence-corrected chi connectivity index (χ2v) is 4.96. The van der Waals surface area contributed by atoms with Crippen molar-refractivity contribution in [3.8, 4) is 0 Å². The second kappa shape index (κ2) is 8.93. The molecular weight excluding hydrogens is 260 g/mol. The van der Waals surface area contributed by atoms with Gasteiger partial charge in [-0.3, -0.25) is 4.79 Å². The molecule has 6 nitrogen and oxygen atoms in total. The molecule has 2 N–H and O–H groups in total. The van der Waals surface area contributed by atoms with Crippen LogP contribution in [0.25, 0.3) is 0 Å². The highest BCUT2D eigenvalue weighted by Crippen LogP contribution is 2.18. The van der Waals surface area contributed by atoms with Gasteiger partial charge in [-0.15, -0.1) is 0 Å². The molecule has 0 aromatic rings. The van der Waals surface area contributed by atoms with Crippen molar-refractivity contribution in [2.24, 2.45) is 5.92 Å². The third-order valence-corrected chi connectivity index (χ3v) is 2.86. The predicted molar refractivity (Wildman–Crippen MR) is 66.8 cm³/mol. The number of carboxylic acid groups (broad SMARTS) is 2. The Morgan fingerprint density at radius 1 is 1.33 bits per heavy atom. The highest BCUT2D eigenvalue weighted by molar-refractivity contribution is 7.98. The van der Waals surface area contributed by atoms with E-state index in [4.69, 9.17) is 14.9 Å². The van der Waals surface area contributed by atoms with Gasteiger partial charge in [0.2, 0.25) is 5.78 Å². The minimum absolute atomic E-state index is 0.135. The summed E-state index contributed by atoms with van der Waals surface area (Å²) in [6.07, 6.45) is 2.08. The largest absolute Gasteiger partial charge is 0.479 e. The third-order valence-electron chi connectivity index (χ3n) is 2.25. The fourth-order valence-electron chi connectivity index (χ4n) is 1.26. The number of rotatable bonds is 5. The zero-order valence-electron chi connectivity index (χ0n) is 10.4. The molecule has 2 unspecified atom stereocenters. The van der Waals surface area contributed by atoms with Gasteiger partial charge in [-0.25, -0.2) is 9.59 Å². The highest BCUT2D eigenvalue weighted by atomic mass is 32.2. The van der Waals surface area contributed by atoms with E-state index in [0.29, 0.717) is 24.7 Å². The third kappa shape index (κ3) is 7.29. The van der Waals surface area contributed by atoms with Crippen LogP contribution in [-0.4, -0.2) is 52.7 Å². The molecule has 1 aliphatic rings. The Morgan fingerprint density at radius 2 is 1.94 bits per heavy atom. The van der Waals surface area contributed by atoms with Gasteiger partial charge in [-0.1, -0.05) is 6.92 Å². The van der Waals surface area contributed by atoms with Gasteiger partial charge >= 0.3 is 11.9 Å². The van der Waals surface area contributed by atoms with Gasteiger partial charge in [0.25, 0.3) is 0 Å². The number of thioether (sulfide) groups is 1. The number of aliphatic carboxylic acids is 2. The van der Waals surface area contributed by atoms with Crippen LogP contribution in [0.4, 0.5) is 0 Å². The molecule has 0 amide bonds. The van der Waals surface area contributed by atoms with Crippen molar-refractivity contribution < 1.29 is 29.3 Å². The summed E-state index contributed by atoms with van der Waals surface area (Å²) in [5.41, 5.74) is 0. The van der Waals surface area contributed by atoms with Crippen LogP contribution in [0.15, 0.2) is 0 Å². The number of carbonyl (C=O) groups is 3. The maximum Gasteiger partial charge on any atom is 0.372 e. The Balaban J connectivity index is 0.000000321. The molecule has 0 saturated carbocycles. The first kappa shape index (κ1) is 16.9. The smallest absolute Gasteiger partial charge is 0.372 e. The molecular formula is C11H18O6S. The number of hydrogen-bond acceptors (Lipinski definition) is 5. The number of carboxylic acids is 2. The van der Waals surface area contributed by atoms with E-state index in [1.165, 1.54) is 11.8 Å². The minimum Gasteiger partial charge on any atom is -0.479 e. The molecule has 0 aromatic carbocycles. The Kier molecular flexibility index (Phi) is 8.40. The van der Waals surface area contributed by atoms with Crippen LogP contribution < -0.4 is 0 Å². The quantitative estimate of drug-likeness (QED) is 0.720. The number of Topliss-reactive ketones (excluding diaryl/α,β-unsaturated/α-hetero) is 1. The van der Waals surface area contributed by atoms with Gasteiger partial charge in [0.1, 0.15) is 0 Å². The molecule has 0 bridgehead atoms. The summed E-state index contributed by atoms with van der Waals surface area (Å²) >= 11 is 1.46. The van der Waals surface area contributed by atoms with Gasteiger partial charge in [0.05, 0.1) is 6.61 Å². The van der Waals surface area contributed by atoms with Crippen molar-refractivity contribution in [2.45, 2.75) is 25.9 Å². The van der Waals surface area contributed by atoms with Crippen LogP contribution in [0.3, 0.4) is 0 Å². The second-order valence-electron chi connectivity index (χ2n) is 3.97. The van der Waals surface area contributed by atoms with Crippen LogP contribution in [0.1, 0.15) is 19.8 Å². The molecule has 7 heteroatoms. The molecule has 18 heavy (non-hydrogen) atoms. The molecule has 0 spiro atoms. The van der Waals surface area contributed by atoms with Gasteiger partial charge in [0, 0.05) is 12.2 Å². The summed E-state index contributed by atoms with van der Waals surface area (Å²) < 4.78 is 4.93. The van der Waals surface area contributed by atoms with E-state index >= 15 is 0 Å². The highest BCUT2D eigenvalue weighted by Gasteiger charge is 2.27. The van der Waals surface area contributed by atoms with Crippen LogP contribution in [0.5, 0.6) is 0 Å². The van der Waals surface area contributed by atoms with Crippen molar-refractivity contribution in [2.75, 3.05) is 18.6 Å². The van der Waals surface area contributed by atoms with E-state index in [1.807, 2.05) is 13.2 Å². The Bertz CT molecular complexity index is 304. The van der Waals surface area contributed by atoms with Gasteiger partial charge < -0.3 is 14.9 Å². The molecule has 1 fully saturated rings. The Morgan fingerprint density at radius 3 is 2.22 bits per heavy atom. The number of hydrogen-bond donors (Lipinski definition) is 2. The van der Waals surface area contributed by atoms with Crippen molar-refractivity contribution in [1.29, 1.82) is 0 Å². The lowest BCUT2D eigenvalue weighted by atomic mass is 10.1. The summed E-state index contributed by atoms with van der Waals surface area (Å²) in [7, 11) is 0. The van der Waals surface area contributed by atoms with E-state index in [9.17, 15) is 14.4 Å². The van der Waals surface area contributed by atoms with E-state index in [2.05, 4.69) is 0 Å². The van der Waals surface area contributed by atoms with E-state index in [1.54, 1.807) is 0 Å². The molecule has 0 aliphatic carbocycles. The van der Waals surface area contributed by atoms with Crippen LogP contribution in [-0.2, 0) is 19.1 Å². The average Bonchev–Trinajstić information content (AvgIpc) is 2.73. The predicted octanol–water partition coefficient (Wildman–Crippen LogP) is 0.889. The summed E-state index contributed by atoms with van der Waals surface area (Å²) in [5, 5.41) is 16.5. The summed E-state index contributed by atoms with van der Waals surface area (Å²) in [4.78, 5) is 30.4. The van der Waals surface area contributed by atoms with Crippen molar-refractivity contribution >= 4 is 29.5 Å². The van der Waals surface area contributed by atoms with Crippen molar-refractivity contribution in [1.82, 2.24) is 0 Å². The minimum atomic E-state index is -1.33. The fraction of sp³-hybridized carbons (Fsp3) is 0.727. The molecule has 1 rings (SSSR count). The van der Waals surface area contributed by atoms with E-state index in [-0.39, 0.29) is 6.42 Å². The zero-order valence-corrected chi connectivity index (χ0v) is 11.2. The van der Waals surface area contributed by atoms with Crippen LogP contribution >= 0.6 is 11.8 Å². The molecule has 1 heterocycles. The first-order valence-electron chi connectivity index (χ1n) is 5.48. The lowest BCUT2D eigenvalue weighted by Crippen LogP contribution is -2.17. The fourth-order valence-corrected chi connectivity index (χ4v) is 1.65. The zero-order chi connectivity index (χ0) is 14.1. The monoisotopic (exact) mass is 278 g/mol. The normalized spacial score (nSPS) is 21.9. The van der Waals surface area contributed by atoms with E-state index < -0.39 is 23.8 Å². The molecule has 1 aliphatic heterocycles. The van der Waals surface area contributed by atoms with Crippen molar-refractivity contribution in [3.05, 3.63) is 0 Å². The molecule has 2 atom stereocenters. The van der Waals surface area contributed by atoms with E-state index in [0.717, 1.165) is 0 Å². The summed E-state index contributed by atoms with van der Waals surface area (Å²) in [6.45, 7) is 2.58. The first-order chi connectivity index (χ1) is 8.38.